The standard InChI is InChI=1S/C19H21N3O3/c1-25-16-9-7-15(8-10-16)18(14-5-3-2-4-6-14)21-13-17(23)22-12-11-20-19(22)24/h2-10,18,21H,11-13H2,1H3,(H,20,24)/p+1/t18-/m1/s1. The maximum atomic E-state index is 12.3. The van der Waals surface area contributed by atoms with Gasteiger partial charge < -0.3 is 15.4 Å². The second-order valence-corrected chi connectivity index (χ2v) is 5.88. The number of urea groups is 1. The number of amides is 3. The van der Waals surface area contributed by atoms with E-state index in [1.807, 2.05) is 59.9 Å². The van der Waals surface area contributed by atoms with Crippen molar-refractivity contribution in [1.29, 1.82) is 0 Å². The second kappa shape index (κ2) is 7.81. The lowest BCUT2D eigenvalue weighted by Gasteiger charge is -2.18. The lowest BCUT2D eigenvalue weighted by atomic mass is 9.98. The Balaban J connectivity index is 1.77. The summed E-state index contributed by atoms with van der Waals surface area (Å²) in [4.78, 5) is 25.2. The molecule has 1 aliphatic heterocycles. The summed E-state index contributed by atoms with van der Waals surface area (Å²) in [6, 6.07) is 17.5. The number of hydrogen-bond acceptors (Lipinski definition) is 3. The van der Waals surface area contributed by atoms with Gasteiger partial charge in [0.25, 0.3) is 5.91 Å². The monoisotopic (exact) mass is 340 g/mol. The number of rotatable bonds is 6. The van der Waals surface area contributed by atoms with E-state index in [1.54, 1.807) is 7.11 Å². The van der Waals surface area contributed by atoms with E-state index in [9.17, 15) is 9.59 Å². The highest BCUT2D eigenvalue weighted by Gasteiger charge is 2.28. The van der Waals surface area contributed by atoms with Crippen LogP contribution in [0.1, 0.15) is 17.2 Å². The van der Waals surface area contributed by atoms with E-state index in [-0.39, 0.29) is 24.5 Å². The molecule has 0 bridgehead atoms. The number of nitrogens with zero attached hydrogens (tertiary/aromatic N) is 1. The fraction of sp³-hybridized carbons (Fsp3) is 0.263. The molecule has 1 atom stereocenters. The third-order valence-corrected chi connectivity index (χ3v) is 4.32. The molecular weight excluding hydrogens is 318 g/mol. The van der Waals surface area contributed by atoms with Gasteiger partial charge in [0.15, 0.2) is 6.54 Å². The molecule has 0 radical (unpaired) electrons. The Labute approximate surface area is 146 Å². The van der Waals surface area contributed by atoms with Crippen molar-refractivity contribution in [3.63, 3.8) is 0 Å². The zero-order valence-corrected chi connectivity index (χ0v) is 14.1. The van der Waals surface area contributed by atoms with E-state index < -0.39 is 0 Å². The molecule has 2 aromatic rings. The van der Waals surface area contributed by atoms with E-state index >= 15 is 0 Å². The number of quaternary nitrogens is 1. The summed E-state index contributed by atoms with van der Waals surface area (Å²) in [6.45, 7) is 1.16. The molecule has 1 heterocycles. The fourth-order valence-electron chi connectivity index (χ4n) is 2.97. The van der Waals surface area contributed by atoms with Gasteiger partial charge in [0.05, 0.1) is 7.11 Å². The van der Waals surface area contributed by atoms with E-state index in [0.29, 0.717) is 13.1 Å². The summed E-state index contributed by atoms with van der Waals surface area (Å²) >= 11 is 0. The minimum Gasteiger partial charge on any atom is -0.497 e. The molecule has 2 aromatic carbocycles. The van der Waals surface area contributed by atoms with Crippen LogP contribution >= 0.6 is 0 Å². The van der Waals surface area contributed by atoms with Crippen molar-refractivity contribution in [3.8, 4) is 5.75 Å². The highest BCUT2D eigenvalue weighted by atomic mass is 16.5. The number of nitrogens with one attached hydrogen (secondary N) is 1. The largest absolute Gasteiger partial charge is 0.497 e. The number of hydrogen-bond donors (Lipinski definition) is 2. The van der Waals surface area contributed by atoms with Crippen LogP contribution in [0.2, 0.25) is 0 Å². The topological polar surface area (TPSA) is 75.2 Å². The van der Waals surface area contributed by atoms with Crippen LogP contribution in [0, 0.1) is 0 Å². The van der Waals surface area contributed by atoms with Crippen molar-refractivity contribution in [2.24, 2.45) is 0 Å². The van der Waals surface area contributed by atoms with E-state index in [2.05, 4.69) is 5.32 Å². The Hall–Kier alpha value is -2.86. The molecule has 0 spiro atoms. The van der Waals surface area contributed by atoms with Crippen LogP contribution in [0.3, 0.4) is 0 Å². The van der Waals surface area contributed by atoms with E-state index in [4.69, 9.17) is 4.74 Å². The minimum absolute atomic E-state index is 0.0262. The fourth-order valence-corrected chi connectivity index (χ4v) is 2.97. The van der Waals surface area contributed by atoms with Crippen molar-refractivity contribution in [2.75, 3.05) is 26.7 Å². The van der Waals surface area contributed by atoms with Gasteiger partial charge in [0.1, 0.15) is 11.8 Å². The Morgan fingerprint density at radius 1 is 1.16 bits per heavy atom. The summed E-state index contributed by atoms with van der Waals surface area (Å²) < 4.78 is 5.22. The summed E-state index contributed by atoms with van der Waals surface area (Å²) in [7, 11) is 1.63. The summed E-state index contributed by atoms with van der Waals surface area (Å²) in [6.07, 6.45) is 0. The lowest BCUT2D eigenvalue weighted by molar-refractivity contribution is -0.677. The number of imide groups is 1. The molecule has 25 heavy (non-hydrogen) atoms. The molecular formula is C19H22N3O3+. The van der Waals surface area contributed by atoms with Crippen LogP contribution in [-0.2, 0) is 4.79 Å². The Morgan fingerprint density at radius 3 is 2.44 bits per heavy atom. The van der Waals surface area contributed by atoms with Gasteiger partial charge in [0.2, 0.25) is 0 Å². The van der Waals surface area contributed by atoms with Crippen LogP contribution in [0.15, 0.2) is 54.6 Å². The first kappa shape index (κ1) is 17.0. The first-order chi connectivity index (χ1) is 12.2. The maximum Gasteiger partial charge on any atom is 0.324 e. The van der Waals surface area contributed by atoms with Crippen molar-refractivity contribution in [2.45, 2.75) is 6.04 Å². The minimum atomic E-state index is -0.306. The second-order valence-electron chi connectivity index (χ2n) is 5.88. The van der Waals surface area contributed by atoms with Gasteiger partial charge in [-0.25, -0.2) is 4.79 Å². The molecule has 130 valence electrons. The van der Waals surface area contributed by atoms with Crippen molar-refractivity contribution in [1.82, 2.24) is 10.2 Å². The van der Waals surface area contributed by atoms with Gasteiger partial charge in [0, 0.05) is 24.2 Å². The number of carbonyl (C=O) groups is 2. The maximum absolute atomic E-state index is 12.3. The molecule has 3 rings (SSSR count). The van der Waals surface area contributed by atoms with Crippen LogP contribution < -0.4 is 15.4 Å². The van der Waals surface area contributed by atoms with Crippen LogP contribution in [0.5, 0.6) is 5.75 Å². The molecule has 6 heteroatoms. The van der Waals surface area contributed by atoms with Gasteiger partial charge in [-0.3, -0.25) is 9.69 Å². The lowest BCUT2D eigenvalue weighted by Crippen LogP contribution is -2.87. The molecule has 0 aliphatic carbocycles. The molecule has 0 unspecified atom stereocenters. The summed E-state index contributed by atoms with van der Waals surface area (Å²) in [5, 5.41) is 4.62. The third-order valence-electron chi connectivity index (χ3n) is 4.32. The highest BCUT2D eigenvalue weighted by molar-refractivity contribution is 5.96. The predicted octanol–water partition coefficient (Wildman–Crippen LogP) is 0.900. The van der Waals surface area contributed by atoms with E-state index in [0.717, 1.165) is 16.9 Å². The quantitative estimate of drug-likeness (QED) is 0.820. The molecule has 0 saturated carbocycles. The Kier molecular flexibility index (Phi) is 5.30. The molecule has 0 aromatic heterocycles. The molecule has 3 N–H and O–H groups in total. The van der Waals surface area contributed by atoms with Crippen molar-refractivity contribution in [3.05, 3.63) is 65.7 Å². The number of ether oxygens (including phenoxy) is 1. The SMILES string of the molecule is COc1ccc([C@H]([NH2+]CC(=O)N2CCNC2=O)c2ccccc2)cc1. The smallest absolute Gasteiger partial charge is 0.324 e. The summed E-state index contributed by atoms with van der Waals surface area (Å²) in [5.74, 6) is 0.616. The highest BCUT2D eigenvalue weighted by Crippen LogP contribution is 2.21. The molecule has 1 aliphatic rings. The van der Waals surface area contributed by atoms with Crippen LogP contribution in [-0.4, -0.2) is 43.6 Å². The van der Waals surface area contributed by atoms with E-state index in [1.165, 1.54) is 4.90 Å². The van der Waals surface area contributed by atoms with Gasteiger partial charge in [-0.05, 0) is 24.3 Å². The first-order valence-corrected chi connectivity index (χ1v) is 8.29. The number of carbonyl (C=O) groups excluding carboxylic acids is 2. The number of benzene rings is 2. The average Bonchev–Trinajstić information content (AvgIpc) is 3.09. The number of methoxy groups -OCH3 is 1. The Bertz CT molecular complexity index is 731. The molecule has 1 fully saturated rings. The average molecular weight is 340 g/mol. The molecule has 6 nitrogen and oxygen atoms in total. The van der Waals surface area contributed by atoms with Crippen molar-refractivity contribution >= 4 is 11.9 Å². The van der Waals surface area contributed by atoms with Crippen molar-refractivity contribution < 1.29 is 19.6 Å². The van der Waals surface area contributed by atoms with Crippen LogP contribution in [0.4, 0.5) is 4.79 Å². The predicted molar refractivity (Wildman–Crippen MR) is 93.2 cm³/mol. The Morgan fingerprint density at radius 2 is 1.84 bits per heavy atom. The first-order valence-electron chi connectivity index (χ1n) is 8.29. The normalized spacial score (nSPS) is 14.9. The van der Waals surface area contributed by atoms with Gasteiger partial charge in [-0.2, -0.15) is 0 Å². The summed E-state index contributed by atoms with van der Waals surface area (Å²) in [5.41, 5.74) is 2.18. The molecule has 3 amide bonds. The van der Waals surface area contributed by atoms with Gasteiger partial charge in [-0.15, -0.1) is 0 Å². The zero-order chi connectivity index (χ0) is 17.6. The van der Waals surface area contributed by atoms with Gasteiger partial charge >= 0.3 is 6.03 Å². The van der Waals surface area contributed by atoms with Gasteiger partial charge in [-0.1, -0.05) is 30.3 Å². The third kappa shape index (κ3) is 3.97. The number of nitrogens with two attached hydrogens (primary N) is 1. The molecule has 1 saturated heterocycles. The zero-order valence-electron chi connectivity index (χ0n) is 14.1. The van der Waals surface area contributed by atoms with Crippen LogP contribution in [0.25, 0.3) is 0 Å².